The number of pyridine rings is 1. The molecule has 2 aliphatic heterocycles. The molecule has 154 valence electrons. The van der Waals surface area contributed by atoms with Crippen LogP contribution in [0.3, 0.4) is 0 Å². The second-order valence-electron chi connectivity index (χ2n) is 8.18. The first-order valence-corrected chi connectivity index (χ1v) is 10.3. The number of rotatable bonds is 4. The molecule has 2 fully saturated rings. The molecule has 30 heavy (non-hydrogen) atoms. The Balaban J connectivity index is 1.31. The van der Waals surface area contributed by atoms with Gasteiger partial charge in [-0.2, -0.15) is 0 Å². The number of aromatic nitrogens is 2. The third kappa shape index (κ3) is 3.45. The smallest absolute Gasteiger partial charge is 0.247 e. The average molecular weight is 403 g/mol. The summed E-state index contributed by atoms with van der Waals surface area (Å²) in [6.45, 7) is 3.26. The van der Waals surface area contributed by atoms with Crippen molar-refractivity contribution >= 4 is 22.7 Å². The molecular formula is C23H25N5O2. The molecule has 7 nitrogen and oxygen atoms in total. The summed E-state index contributed by atoms with van der Waals surface area (Å²) in [4.78, 5) is 36.2. The molecule has 3 aromatic rings. The minimum absolute atomic E-state index is 0.0390. The fraction of sp³-hybridized carbons (Fsp3) is 0.348. The molecular weight excluding hydrogens is 378 g/mol. The van der Waals surface area contributed by atoms with E-state index in [1.165, 1.54) is 0 Å². The van der Waals surface area contributed by atoms with Crippen molar-refractivity contribution in [2.24, 2.45) is 7.05 Å². The van der Waals surface area contributed by atoms with Crippen molar-refractivity contribution in [1.82, 2.24) is 24.3 Å². The van der Waals surface area contributed by atoms with Crippen LogP contribution in [0.1, 0.15) is 11.3 Å². The minimum atomic E-state index is -0.409. The van der Waals surface area contributed by atoms with Gasteiger partial charge in [-0.3, -0.25) is 19.5 Å². The van der Waals surface area contributed by atoms with Crippen LogP contribution < -0.4 is 0 Å². The lowest BCUT2D eigenvalue weighted by atomic mass is 10.1. The summed E-state index contributed by atoms with van der Waals surface area (Å²) in [5.41, 5.74) is 3.13. The molecule has 1 unspecified atom stereocenters. The van der Waals surface area contributed by atoms with Crippen LogP contribution in [0.25, 0.3) is 10.9 Å². The number of aryl methyl sites for hydroxylation is 1. The van der Waals surface area contributed by atoms with Crippen LogP contribution in [-0.4, -0.2) is 68.3 Å². The van der Waals surface area contributed by atoms with Gasteiger partial charge in [0.2, 0.25) is 11.8 Å². The number of hydrogen-bond donors (Lipinski definition) is 0. The van der Waals surface area contributed by atoms with E-state index in [2.05, 4.69) is 22.0 Å². The first-order valence-electron chi connectivity index (χ1n) is 10.3. The van der Waals surface area contributed by atoms with E-state index in [0.29, 0.717) is 19.6 Å². The van der Waals surface area contributed by atoms with Crippen LogP contribution in [0.15, 0.2) is 54.9 Å². The number of amides is 2. The molecule has 2 saturated heterocycles. The van der Waals surface area contributed by atoms with E-state index in [-0.39, 0.29) is 18.4 Å². The van der Waals surface area contributed by atoms with Gasteiger partial charge in [-0.05, 0) is 29.8 Å². The van der Waals surface area contributed by atoms with Crippen molar-refractivity contribution in [3.8, 4) is 0 Å². The summed E-state index contributed by atoms with van der Waals surface area (Å²) in [7, 11) is 1.96. The number of hydrogen-bond acceptors (Lipinski definition) is 4. The Labute approximate surface area is 175 Å². The van der Waals surface area contributed by atoms with Crippen LogP contribution in [0.4, 0.5) is 0 Å². The van der Waals surface area contributed by atoms with Crippen LogP contribution in [0.2, 0.25) is 0 Å². The number of piperazine rings is 2. The molecule has 0 bridgehead atoms. The number of carbonyl (C=O) groups excluding carboxylic acids is 2. The van der Waals surface area contributed by atoms with E-state index < -0.39 is 6.04 Å². The Morgan fingerprint density at radius 1 is 1.07 bits per heavy atom. The SMILES string of the molecule is Cn1cccc1CN1CC(=O)N2CCN(Cc3cnc4ccccc4c3)CC2C1=O. The highest BCUT2D eigenvalue weighted by Gasteiger charge is 2.42. The first kappa shape index (κ1) is 18.8. The van der Waals surface area contributed by atoms with Gasteiger partial charge in [-0.15, -0.1) is 0 Å². The Morgan fingerprint density at radius 2 is 1.93 bits per heavy atom. The predicted molar refractivity (Wildman–Crippen MR) is 113 cm³/mol. The Bertz CT molecular complexity index is 1110. The Kier molecular flexibility index (Phi) is 4.75. The highest BCUT2D eigenvalue weighted by molar-refractivity contribution is 5.95. The van der Waals surface area contributed by atoms with Gasteiger partial charge in [0.05, 0.1) is 12.1 Å². The lowest BCUT2D eigenvalue weighted by Gasteiger charge is -2.46. The van der Waals surface area contributed by atoms with Crippen LogP contribution in [0.5, 0.6) is 0 Å². The average Bonchev–Trinajstić information content (AvgIpc) is 3.16. The molecule has 7 heteroatoms. The number of para-hydroxylation sites is 1. The van der Waals surface area contributed by atoms with Crippen molar-refractivity contribution in [3.63, 3.8) is 0 Å². The molecule has 0 saturated carbocycles. The van der Waals surface area contributed by atoms with Crippen molar-refractivity contribution in [2.45, 2.75) is 19.1 Å². The third-order valence-corrected chi connectivity index (χ3v) is 6.17. The van der Waals surface area contributed by atoms with Crippen LogP contribution >= 0.6 is 0 Å². The van der Waals surface area contributed by atoms with E-state index in [4.69, 9.17) is 0 Å². The zero-order chi connectivity index (χ0) is 20.7. The second kappa shape index (κ2) is 7.57. The number of benzene rings is 1. The molecule has 0 radical (unpaired) electrons. The normalized spacial score (nSPS) is 20.1. The number of fused-ring (bicyclic) bond motifs is 2. The maximum Gasteiger partial charge on any atom is 0.247 e. The lowest BCUT2D eigenvalue weighted by Crippen LogP contribution is -2.66. The summed E-state index contributed by atoms with van der Waals surface area (Å²) in [6.07, 6.45) is 3.86. The van der Waals surface area contributed by atoms with Gasteiger partial charge in [-0.1, -0.05) is 18.2 Å². The molecule has 2 amide bonds. The van der Waals surface area contributed by atoms with Gasteiger partial charge in [0.15, 0.2) is 0 Å². The molecule has 2 aromatic heterocycles. The van der Waals surface area contributed by atoms with E-state index in [1.54, 1.807) is 9.80 Å². The first-order chi connectivity index (χ1) is 14.6. The maximum absolute atomic E-state index is 13.2. The van der Waals surface area contributed by atoms with Crippen molar-refractivity contribution in [1.29, 1.82) is 0 Å². The summed E-state index contributed by atoms with van der Waals surface area (Å²) < 4.78 is 1.99. The molecule has 1 aromatic carbocycles. The standard InChI is InChI=1S/C23H25N5O2/c1-25-8-4-6-19(25)14-27-16-22(29)28-10-9-26(15-21(28)23(27)30)13-17-11-18-5-2-3-7-20(18)24-12-17/h2-8,11-12,21H,9-10,13-16H2,1H3. The monoisotopic (exact) mass is 403 g/mol. The molecule has 4 heterocycles. The quantitative estimate of drug-likeness (QED) is 0.664. The molecule has 1 atom stereocenters. The Morgan fingerprint density at radius 3 is 2.77 bits per heavy atom. The van der Waals surface area contributed by atoms with E-state index in [9.17, 15) is 9.59 Å². The van der Waals surface area contributed by atoms with Gasteiger partial charge in [-0.25, -0.2) is 0 Å². The van der Waals surface area contributed by atoms with E-state index in [0.717, 1.165) is 35.2 Å². The van der Waals surface area contributed by atoms with Crippen molar-refractivity contribution in [2.75, 3.05) is 26.2 Å². The zero-order valence-corrected chi connectivity index (χ0v) is 17.1. The van der Waals surface area contributed by atoms with Crippen LogP contribution in [0, 0.1) is 0 Å². The number of nitrogens with zero attached hydrogens (tertiary/aromatic N) is 5. The third-order valence-electron chi connectivity index (χ3n) is 6.17. The van der Waals surface area contributed by atoms with Crippen molar-refractivity contribution in [3.05, 3.63) is 66.1 Å². The van der Waals surface area contributed by atoms with E-state index >= 15 is 0 Å². The summed E-state index contributed by atoms with van der Waals surface area (Å²) in [5.74, 6) is 0.0815. The van der Waals surface area contributed by atoms with Gasteiger partial charge in [0, 0.05) is 56.7 Å². The molecule has 5 rings (SSSR count). The summed E-state index contributed by atoms with van der Waals surface area (Å²) in [6, 6.07) is 13.8. The van der Waals surface area contributed by atoms with Crippen molar-refractivity contribution < 1.29 is 9.59 Å². The Hall–Kier alpha value is -3.19. The second-order valence-corrected chi connectivity index (χ2v) is 8.18. The van der Waals surface area contributed by atoms with Gasteiger partial charge in [0.1, 0.15) is 12.6 Å². The maximum atomic E-state index is 13.2. The highest BCUT2D eigenvalue weighted by Crippen LogP contribution is 2.22. The summed E-state index contributed by atoms with van der Waals surface area (Å²) >= 11 is 0. The molecule has 2 aliphatic rings. The zero-order valence-electron chi connectivity index (χ0n) is 17.1. The van der Waals surface area contributed by atoms with Gasteiger partial charge in [0.25, 0.3) is 0 Å². The topological polar surface area (TPSA) is 61.7 Å². The van der Waals surface area contributed by atoms with Crippen LogP contribution in [-0.2, 0) is 29.7 Å². The highest BCUT2D eigenvalue weighted by atomic mass is 16.2. The van der Waals surface area contributed by atoms with Gasteiger partial charge >= 0.3 is 0 Å². The van der Waals surface area contributed by atoms with E-state index in [1.807, 2.05) is 54.3 Å². The molecule has 0 N–H and O–H groups in total. The van der Waals surface area contributed by atoms with Gasteiger partial charge < -0.3 is 14.4 Å². The minimum Gasteiger partial charge on any atom is -0.353 e. The summed E-state index contributed by atoms with van der Waals surface area (Å²) in [5, 5.41) is 1.12. The lowest BCUT2D eigenvalue weighted by molar-refractivity contribution is -0.160. The predicted octanol–water partition coefficient (Wildman–Crippen LogP) is 1.63. The molecule has 0 spiro atoms. The fourth-order valence-corrected chi connectivity index (χ4v) is 4.49. The number of carbonyl (C=O) groups is 2. The fourth-order valence-electron chi connectivity index (χ4n) is 4.49. The largest absolute Gasteiger partial charge is 0.353 e. The molecule has 0 aliphatic carbocycles.